The number of nitrogens with one attached hydrogen (secondary N) is 1. The Morgan fingerprint density at radius 2 is 1.85 bits per heavy atom. The van der Waals surface area contributed by atoms with Crippen LogP contribution in [-0.2, 0) is 16.3 Å². The van der Waals surface area contributed by atoms with Gasteiger partial charge in [0.25, 0.3) is 0 Å². The average molecular weight is 286 g/mol. The molecule has 0 atom stereocenters. The number of hydrogen-bond acceptors (Lipinski definition) is 3. The number of sulfone groups is 1. The smallest absolute Gasteiger partial charge is 0.175 e. The highest BCUT2D eigenvalue weighted by molar-refractivity contribution is 7.90. The van der Waals surface area contributed by atoms with Crippen molar-refractivity contribution in [3.05, 3.63) is 59.9 Å². The number of aromatic nitrogens is 2. The monoisotopic (exact) mass is 286 g/mol. The number of rotatable bonds is 3. The maximum absolute atomic E-state index is 11.5. The van der Waals surface area contributed by atoms with Crippen LogP contribution in [0.5, 0.6) is 0 Å². The van der Waals surface area contributed by atoms with Crippen molar-refractivity contribution in [1.82, 2.24) is 9.97 Å². The molecule has 3 rings (SSSR count). The van der Waals surface area contributed by atoms with Gasteiger partial charge in [-0.3, -0.25) is 0 Å². The van der Waals surface area contributed by atoms with Gasteiger partial charge in [0.15, 0.2) is 9.84 Å². The summed E-state index contributed by atoms with van der Waals surface area (Å²) in [6.45, 7) is 0. The molecule has 2 aromatic carbocycles. The van der Waals surface area contributed by atoms with E-state index < -0.39 is 9.84 Å². The fourth-order valence-electron chi connectivity index (χ4n) is 2.15. The first-order valence-electron chi connectivity index (χ1n) is 6.25. The van der Waals surface area contributed by atoms with Gasteiger partial charge in [0, 0.05) is 12.7 Å². The fourth-order valence-corrected chi connectivity index (χ4v) is 2.79. The van der Waals surface area contributed by atoms with E-state index in [4.69, 9.17) is 0 Å². The molecule has 102 valence electrons. The number of aromatic amines is 1. The van der Waals surface area contributed by atoms with Crippen LogP contribution in [0.25, 0.3) is 11.0 Å². The van der Waals surface area contributed by atoms with Gasteiger partial charge in [-0.05, 0) is 23.8 Å². The zero-order valence-electron chi connectivity index (χ0n) is 11.0. The van der Waals surface area contributed by atoms with E-state index >= 15 is 0 Å². The zero-order chi connectivity index (χ0) is 14.2. The second-order valence-corrected chi connectivity index (χ2v) is 6.81. The Morgan fingerprint density at radius 1 is 1.10 bits per heavy atom. The van der Waals surface area contributed by atoms with Crippen LogP contribution >= 0.6 is 0 Å². The topological polar surface area (TPSA) is 62.8 Å². The van der Waals surface area contributed by atoms with Crippen LogP contribution in [-0.4, -0.2) is 24.6 Å². The largest absolute Gasteiger partial charge is 0.342 e. The second-order valence-electron chi connectivity index (χ2n) is 4.80. The van der Waals surface area contributed by atoms with Crippen molar-refractivity contribution >= 4 is 20.9 Å². The summed E-state index contributed by atoms with van der Waals surface area (Å²) in [5, 5.41) is 0. The van der Waals surface area contributed by atoms with E-state index in [1.54, 1.807) is 18.2 Å². The molecular weight excluding hydrogens is 272 g/mol. The van der Waals surface area contributed by atoms with Crippen LogP contribution in [0, 0.1) is 0 Å². The van der Waals surface area contributed by atoms with Gasteiger partial charge < -0.3 is 4.98 Å². The van der Waals surface area contributed by atoms with Crippen LogP contribution in [0.15, 0.2) is 53.4 Å². The maximum atomic E-state index is 11.5. The first-order chi connectivity index (χ1) is 9.52. The molecule has 5 heteroatoms. The van der Waals surface area contributed by atoms with Crippen molar-refractivity contribution in [2.75, 3.05) is 6.26 Å². The number of H-pyrrole nitrogens is 1. The van der Waals surface area contributed by atoms with Crippen molar-refractivity contribution in [1.29, 1.82) is 0 Å². The van der Waals surface area contributed by atoms with Crippen molar-refractivity contribution in [3.8, 4) is 0 Å². The number of hydrogen-bond donors (Lipinski definition) is 1. The third-order valence-corrected chi connectivity index (χ3v) is 4.26. The molecule has 0 amide bonds. The minimum atomic E-state index is -3.19. The molecule has 4 nitrogen and oxygen atoms in total. The minimum absolute atomic E-state index is 0.305. The van der Waals surface area contributed by atoms with Crippen molar-refractivity contribution < 1.29 is 8.42 Å². The molecule has 0 spiro atoms. The van der Waals surface area contributed by atoms with Gasteiger partial charge in [0.1, 0.15) is 5.82 Å². The molecule has 0 bridgehead atoms. The summed E-state index contributed by atoms with van der Waals surface area (Å²) >= 11 is 0. The summed E-state index contributed by atoms with van der Waals surface area (Å²) in [6.07, 6.45) is 1.90. The number of nitrogens with zero attached hydrogens (tertiary/aromatic N) is 1. The summed E-state index contributed by atoms with van der Waals surface area (Å²) < 4.78 is 23.1. The maximum Gasteiger partial charge on any atom is 0.175 e. The SMILES string of the molecule is CS(=O)(=O)c1ccc2nc(Cc3ccccc3)[nH]c2c1. The molecule has 0 saturated heterocycles. The Bertz CT molecular complexity index is 852. The Balaban J connectivity index is 1.99. The molecule has 1 heterocycles. The van der Waals surface area contributed by atoms with Crippen LogP contribution in [0.3, 0.4) is 0 Å². The molecule has 0 aliphatic rings. The molecule has 0 fully saturated rings. The van der Waals surface area contributed by atoms with E-state index in [0.717, 1.165) is 22.4 Å². The van der Waals surface area contributed by atoms with Gasteiger partial charge in [0.2, 0.25) is 0 Å². The molecule has 1 aromatic heterocycles. The normalized spacial score (nSPS) is 11.8. The van der Waals surface area contributed by atoms with Crippen molar-refractivity contribution in [3.63, 3.8) is 0 Å². The molecule has 0 aliphatic carbocycles. The zero-order valence-corrected chi connectivity index (χ0v) is 11.8. The van der Waals surface area contributed by atoms with E-state index in [-0.39, 0.29) is 0 Å². The molecule has 1 N–H and O–H groups in total. The Kier molecular flexibility index (Phi) is 3.06. The van der Waals surface area contributed by atoms with Gasteiger partial charge in [0.05, 0.1) is 15.9 Å². The van der Waals surface area contributed by atoms with Crippen LogP contribution < -0.4 is 0 Å². The quantitative estimate of drug-likeness (QED) is 0.805. The Morgan fingerprint density at radius 3 is 2.55 bits per heavy atom. The summed E-state index contributed by atoms with van der Waals surface area (Å²) in [6, 6.07) is 15.0. The van der Waals surface area contributed by atoms with Gasteiger partial charge in [-0.25, -0.2) is 13.4 Å². The van der Waals surface area contributed by atoms with E-state index in [1.165, 1.54) is 6.26 Å². The van der Waals surface area contributed by atoms with Gasteiger partial charge >= 0.3 is 0 Å². The lowest BCUT2D eigenvalue weighted by Gasteiger charge is -1.97. The highest BCUT2D eigenvalue weighted by atomic mass is 32.2. The molecule has 3 aromatic rings. The average Bonchev–Trinajstić information content (AvgIpc) is 2.80. The van der Waals surface area contributed by atoms with E-state index in [1.807, 2.05) is 30.3 Å². The standard InChI is InChI=1S/C15H14N2O2S/c1-20(18,19)12-7-8-13-14(10-12)17-15(16-13)9-11-5-3-2-4-6-11/h2-8,10H,9H2,1H3,(H,16,17). The highest BCUT2D eigenvalue weighted by Crippen LogP contribution is 2.18. The lowest BCUT2D eigenvalue weighted by atomic mass is 10.1. The first-order valence-corrected chi connectivity index (χ1v) is 8.14. The predicted octanol–water partition coefficient (Wildman–Crippen LogP) is 2.56. The van der Waals surface area contributed by atoms with E-state index in [0.29, 0.717) is 11.3 Å². The number of benzene rings is 2. The fraction of sp³-hybridized carbons (Fsp3) is 0.133. The molecular formula is C15H14N2O2S. The third kappa shape index (κ3) is 2.58. The predicted molar refractivity (Wildman–Crippen MR) is 78.5 cm³/mol. The van der Waals surface area contributed by atoms with Crippen molar-refractivity contribution in [2.45, 2.75) is 11.3 Å². The van der Waals surface area contributed by atoms with Crippen LogP contribution in [0.1, 0.15) is 11.4 Å². The van der Waals surface area contributed by atoms with Crippen LogP contribution in [0.2, 0.25) is 0 Å². The first kappa shape index (κ1) is 12.9. The Hall–Kier alpha value is -2.14. The molecule has 0 unspecified atom stereocenters. The number of imidazole rings is 1. The summed E-state index contributed by atoms with van der Waals surface area (Å²) in [5.74, 6) is 0.830. The summed E-state index contributed by atoms with van der Waals surface area (Å²) in [4.78, 5) is 7.97. The lowest BCUT2D eigenvalue weighted by Crippen LogP contribution is -1.96. The van der Waals surface area contributed by atoms with Crippen LogP contribution in [0.4, 0.5) is 0 Å². The molecule has 0 radical (unpaired) electrons. The van der Waals surface area contributed by atoms with Gasteiger partial charge in [-0.1, -0.05) is 30.3 Å². The lowest BCUT2D eigenvalue weighted by molar-refractivity contribution is 0.602. The summed E-state index contributed by atoms with van der Waals surface area (Å²) in [5.41, 5.74) is 2.69. The minimum Gasteiger partial charge on any atom is -0.342 e. The second kappa shape index (κ2) is 4.76. The van der Waals surface area contributed by atoms with Gasteiger partial charge in [-0.2, -0.15) is 0 Å². The third-order valence-electron chi connectivity index (χ3n) is 3.14. The summed E-state index contributed by atoms with van der Waals surface area (Å²) in [7, 11) is -3.19. The van der Waals surface area contributed by atoms with E-state index in [2.05, 4.69) is 9.97 Å². The molecule has 0 aliphatic heterocycles. The highest BCUT2D eigenvalue weighted by Gasteiger charge is 2.10. The van der Waals surface area contributed by atoms with Gasteiger partial charge in [-0.15, -0.1) is 0 Å². The van der Waals surface area contributed by atoms with Crippen molar-refractivity contribution in [2.24, 2.45) is 0 Å². The molecule has 0 saturated carbocycles. The van der Waals surface area contributed by atoms with E-state index in [9.17, 15) is 8.42 Å². The molecule has 20 heavy (non-hydrogen) atoms. The Labute approximate surface area is 117 Å². The number of fused-ring (bicyclic) bond motifs is 1.